The van der Waals surface area contributed by atoms with Gasteiger partial charge in [0.05, 0.1) is 11.3 Å². The van der Waals surface area contributed by atoms with E-state index in [1.807, 2.05) is 19.1 Å². The third-order valence-electron chi connectivity index (χ3n) is 3.88. The van der Waals surface area contributed by atoms with E-state index in [9.17, 15) is 14.0 Å². The van der Waals surface area contributed by atoms with E-state index in [1.54, 1.807) is 12.1 Å². The number of halogens is 1. The standard InChI is InChI=1S/C18H16FNO3/c1-2-11-7-8-13-12(9-11)10-16(23-18(13)22)17(21)20-15-6-4-3-5-14(15)19/h3-9,16H,2,10H2,1H3,(H,20,21). The number of hydrogen-bond acceptors (Lipinski definition) is 3. The molecule has 0 bridgehead atoms. The second-order valence-electron chi connectivity index (χ2n) is 5.41. The van der Waals surface area contributed by atoms with E-state index in [1.165, 1.54) is 18.2 Å². The summed E-state index contributed by atoms with van der Waals surface area (Å²) in [6.07, 6.45) is 0.172. The summed E-state index contributed by atoms with van der Waals surface area (Å²) in [5, 5.41) is 2.47. The third-order valence-corrected chi connectivity index (χ3v) is 3.88. The summed E-state index contributed by atoms with van der Waals surface area (Å²) < 4.78 is 18.8. The number of amides is 1. The number of carbonyl (C=O) groups excluding carboxylic acids is 2. The van der Waals surface area contributed by atoms with Gasteiger partial charge in [-0.15, -0.1) is 0 Å². The molecule has 1 amide bonds. The Morgan fingerprint density at radius 1 is 1.30 bits per heavy atom. The van der Waals surface area contributed by atoms with Gasteiger partial charge in [-0.05, 0) is 35.7 Å². The molecule has 23 heavy (non-hydrogen) atoms. The summed E-state index contributed by atoms with van der Waals surface area (Å²) in [7, 11) is 0. The minimum Gasteiger partial charge on any atom is -0.448 e. The number of fused-ring (bicyclic) bond motifs is 1. The van der Waals surface area contributed by atoms with Crippen LogP contribution in [0.4, 0.5) is 10.1 Å². The van der Waals surface area contributed by atoms with Gasteiger partial charge in [-0.2, -0.15) is 0 Å². The summed E-state index contributed by atoms with van der Waals surface area (Å²) in [5.41, 5.74) is 2.43. The summed E-state index contributed by atoms with van der Waals surface area (Å²) in [6, 6.07) is 11.4. The minimum atomic E-state index is -0.957. The van der Waals surface area contributed by atoms with Crippen molar-refractivity contribution in [3.8, 4) is 0 Å². The Morgan fingerprint density at radius 3 is 2.83 bits per heavy atom. The highest BCUT2D eigenvalue weighted by molar-refractivity contribution is 6.00. The average molecular weight is 313 g/mol. The summed E-state index contributed by atoms with van der Waals surface area (Å²) in [6.45, 7) is 2.02. The monoisotopic (exact) mass is 313 g/mol. The Bertz CT molecular complexity index is 773. The van der Waals surface area contributed by atoms with Crippen molar-refractivity contribution in [1.82, 2.24) is 0 Å². The van der Waals surface area contributed by atoms with Crippen LogP contribution in [0.1, 0.15) is 28.4 Å². The number of cyclic esters (lactones) is 1. The lowest BCUT2D eigenvalue weighted by Gasteiger charge is -2.24. The molecule has 0 saturated carbocycles. The maximum atomic E-state index is 13.6. The maximum absolute atomic E-state index is 13.6. The Labute approximate surface area is 133 Å². The van der Waals surface area contributed by atoms with Crippen molar-refractivity contribution < 1.29 is 18.7 Å². The van der Waals surface area contributed by atoms with E-state index in [0.717, 1.165) is 17.5 Å². The maximum Gasteiger partial charge on any atom is 0.339 e. The zero-order chi connectivity index (χ0) is 16.4. The van der Waals surface area contributed by atoms with Crippen molar-refractivity contribution in [2.24, 2.45) is 0 Å². The fraction of sp³-hybridized carbons (Fsp3) is 0.222. The number of benzene rings is 2. The van der Waals surface area contributed by atoms with Crippen LogP contribution in [0.15, 0.2) is 42.5 Å². The van der Waals surface area contributed by atoms with Crippen LogP contribution in [0.5, 0.6) is 0 Å². The van der Waals surface area contributed by atoms with Gasteiger partial charge in [0, 0.05) is 6.42 Å². The van der Waals surface area contributed by atoms with Crippen LogP contribution in [0.3, 0.4) is 0 Å². The molecule has 1 aliphatic rings. The van der Waals surface area contributed by atoms with Gasteiger partial charge in [-0.1, -0.05) is 31.2 Å². The molecule has 0 radical (unpaired) electrons. The Balaban J connectivity index is 1.80. The van der Waals surface area contributed by atoms with Crippen LogP contribution in [-0.2, 0) is 22.4 Å². The molecule has 0 aliphatic carbocycles. The van der Waals surface area contributed by atoms with E-state index in [-0.39, 0.29) is 12.1 Å². The van der Waals surface area contributed by atoms with E-state index < -0.39 is 23.8 Å². The zero-order valence-electron chi connectivity index (χ0n) is 12.6. The second-order valence-corrected chi connectivity index (χ2v) is 5.41. The molecule has 118 valence electrons. The molecule has 4 nitrogen and oxygen atoms in total. The largest absolute Gasteiger partial charge is 0.448 e. The highest BCUT2D eigenvalue weighted by Crippen LogP contribution is 2.23. The molecule has 1 unspecified atom stereocenters. The molecule has 0 spiro atoms. The van der Waals surface area contributed by atoms with E-state index in [4.69, 9.17) is 4.74 Å². The number of para-hydroxylation sites is 1. The topological polar surface area (TPSA) is 55.4 Å². The Kier molecular flexibility index (Phi) is 4.10. The number of anilines is 1. The van der Waals surface area contributed by atoms with Gasteiger partial charge in [-0.25, -0.2) is 9.18 Å². The van der Waals surface area contributed by atoms with Gasteiger partial charge in [-0.3, -0.25) is 4.79 Å². The number of nitrogens with one attached hydrogen (secondary N) is 1. The Morgan fingerprint density at radius 2 is 2.09 bits per heavy atom. The first kappa shape index (κ1) is 15.2. The predicted octanol–water partition coefficient (Wildman–Crippen LogP) is 3.11. The average Bonchev–Trinajstić information content (AvgIpc) is 2.56. The first-order chi connectivity index (χ1) is 11.1. The number of rotatable bonds is 3. The van der Waals surface area contributed by atoms with Crippen LogP contribution < -0.4 is 5.32 Å². The molecule has 5 heteroatoms. The van der Waals surface area contributed by atoms with Gasteiger partial charge in [0.2, 0.25) is 0 Å². The zero-order valence-corrected chi connectivity index (χ0v) is 12.6. The summed E-state index contributed by atoms with van der Waals surface area (Å²) in [5.74, 6) is -1.59. The molecule has 1 aliphatic heterocycles. The van der Waals surface area contributed by atoms with Crippen molar-refractivity contribution in [2.75, 3.05) is 5.32 Å². The molecule has 2 aromatic rings. The first-order valence-electron chi connectivity index (χ1n) is 7.46. The van der Waals surface area contributed by atoms with E-state index in [2.05, 4.69) is 5.32 Å². The van der Waals surface area contributed by atoms with Crippen LogP contribution in [0.2, 0.25) is 0 Å². The molecule has 1 heterocycles. The quantitative estimate of drug-likeness (QED) is 0.886. The van der Waals surface area contributed by atoms with Crippen molar-refractivity contribution in [3.05, 3.63) is 65.0 Å². The SMILES string of the molecule is CCc1ccc2c(c1)CC(C(=O)Nc1ccccc1F)OC2=O. The van der Waals surface area contributed by atoms with Crippen molar-refractivity contribution >= 4 is 17.6 Å². The fourth-order valence-electron chi connectivity index (χ4n) is 2.59. The molecule has 0 saturated heterocycles. The molecule has 3 rings (SSSR count). The highest BCUT2D eigenvalue weighted by Gasteiger charge is 2.31. The fourth-order valence-corrected chi connectivity index (χ4v) is 2.59. The normalized spacial score (nSPS) is 16.4. The smallest absolute Gasteiger partial charge is 0.339 e. The lowest BCUT2D eigenvalue weighted by atomic mass is 9.95. The summed E-state index contributed by atoms with van der Waals surface area (Å²) in [4.78, 5) is 24.3. The molecule has 0 aromatic heterocycles. The van der Waals surface area contributed by atoms with Crippen molar-refractivity contribution in [1.29, 1.82) is 0 Å². The molecule has 1 N–H and O–H groups in total. The molecule has 0 fully saturated rings. The van der Waals surface area contributed by atoms with Crippen LogP contribution >= 0.6 is 0 Å². The number of ether oxygens (including phenoxy) is 1. The Hall–Kier alpha value is -2.69. The number of carbonyl (C=O) groups is 2. The van der Waals surface area contributed by atoms with Gasteiger partial charge in [0.25, 0.3) is 5.91 Å². The number of aryl methyl sites for hydroxylation is 1. The summed E-state index contributed by atoms with van der Waals surface area (Å²) >= 11 is 0. The molecular formula is C18H16FNO3. The minimum absolute atomic E-state index is 0.0710. The van der Waals surface area contributed by atoms with Gasteiger partial charge >= 0.3 is 5.97 Å². The van der Waals surface area contributed by atoms with E-state index in [0.29, 0.717) is 5.56 Å². The lowest BCUT2D eigenvalue weighted by Crippen LogP contribution is -2.38. The lowest BCUT2D eigenvalue weighted by molar-refractivity contribution is -0.125. The first-order valence-corrected chi connectivity index (χ1v) is 7.46. The van der Waals surface area contributed by atoms with Gasteiger partial charge < -0.3 is 10.1 Å². The number of hydrogen-bond donors (Lipinski definition) is 1. The van der Waals surface area contributed by atoms with E-state index >= 15 is 0 Å². The second kappa shape index (κ2) is 6.20. The van der Waals surface area contributed by atoms with Crippen LogP contribution in [0.25, 0.3) is 0 Å². The third kappa shape index (κ3) is 3.08. The van der Waals surface area contributed by atoms with Gasteiger partial charge in [0.15, 0.2) is 6.10 Å². The van der Waals surface area contributed by atoms with Crippen molar-refractivity contribution in [3.63, 3.8) is 0 Å². The van der Waals surface area contributed by atoms with Crippen molar-refractivity contribution in [2.45, 2.75) is 25.9 Å². The van der Waals surface area contributed by atoms with Crippen LogP contribution in [0, 0.1) is 5.82 Å². The highest BCUT2D eigenvalue weighted by atomic mass is 19.1. The van der Waals surface area contributed by atoms with Crippen LogP contribution in [-0.4, -0.2) is 18.0 Å². The molecule has 1 atom stereocenters. The molecular weight excluding hydrogens is 297 g/mol. The predicted molar refractivity (Wildman–Crippen MR) is 83.8 cm³/mol. The molecule has 2 aromatic carbocycles. The number of esters is 1. The van der Waals surface area contributed by atoms with Gasteiger partial charge in [0.1, 0.15) is 5.82 Å².